The number of halogens is 1. The minimum Gasteiger partial charge on any atom is -0.347 e. The number of nitrogens with zero attached hydrogens (tertiary/aromatic N) is 3. The van der Waals surface area contributed by atoms with Gasteiger partial charge in [0.1, 0.15) is 0 Å². The van der Waals surface area contributed by atoms with Crippen molar-refractivity contribution < 1.29 is 4.79 Å². The average molecular weight is 368 g/mol. The zero-order valence-electron chi connectivity index (χ0n) is 13.9. The first-order valence-corrected chi connectivity index (χ1v) is 8.09. The molecule has 26 heavy (non-hydrogen) atoms. The van der Waals surface area contributed by atoms with E-state index in [1.807, 2.05) is 36.4 Å². The minimum atomic E-state index is -0.213. The largest absolute Gasteiger partial charge is 0.347 e. The molecule has 0 radical (unpaired) electrons. The van der Waals surface area contributed by atoms with Gasteiger partial charge in [0.05, 0.1) is 17.6 Å². The van der Waals surface area contributed by atoms with Crippen LogP contribution < -0.4 is 11.1 Å². The number of nitrogens with one attached hydrogen (secondary N) is 1. The van der Waals surface area contributed by atoms with Crippen molar-refractivity contribution >= 4 is 18.3 Å². The number of nitrogens with two attached hydrogens (primary N) is 1. The van der Waals surface area contributed by atoms with Crippen LogP contribution >= 0.6 is 12.4 Å². The van der Waals surface area contributed by atoms with Crippen molar-refractivity contribution in [2.45, 2.75) is 18.5 Å². The van der Waals surface area contributed by atoms with Crippen LogP contribution in [0.4, 0.5) is 0 Å². The summed E-state index contributed by atoms with van der Waals surface area (Å²) in [6.45, 7) is 0. The smallest absolute Gasteiger partial charge is 0.254 e. The first-order valence-electron chi connectivity index (χ1n) is 8.09. The van der Waals surface area contributed by atoms with Gasteiger partial charge >= 0.3 is 0 Å². The van der Waals surface area contributed by atoms with E-state index in [9.17, 15) is 4.79 Å². The molecule has 132 valence electrons. The second-order valence-corrected chi connectivity index (χ2v) is 6.04. The van der Waals surface area contributed by atoms with E-state index in [0.717, 1.165) is 17.5 Å². The van der Waals surface area contributed by atoms with Gasteiger partial charge in [-0.2, -0.15) is 0 Å². The third-order valence-corrected chi connectivity index (χ3v) is 4.46. The van der Waals surface area contributed by atoms with Crippen LogP contribution in [0, 0.1) is 0 Å². The fourth-order valence-electron chi connectivity index (χ4n) is 3.11. The standard InChI is InChI=1S/C19H17N5O.ClH/c20-17-15-4-2-1-3-13(15)9-16(17)24-19(25)14-10-22-18(23-11-14)12-5-7-21-8-6-12;/h1-8,10-11,16-17H,9,20H2,(H,24,25);1H/t16-,17-;/m0./s1. The lowest BCUT2D eigenvalue weighted by Gasteiger charge is -2.17. The summed E-state index contributed by atoms with van der Waals surface area (Å²) in [4.78, 5) is 25.0. The van der Waals surface area contributed by atoms with Crippen LogP contribution in [-0.4, -0.2) is 26.9 Å². The highest BCUT2D eigenvalue weighted by Gasteiger charge is 2.30. The molecule has 0 unspecified atom stereocenters. The molecule has 3 aromatic rings. The molecular formula is C19H18ClN5O. The molecule has 0 aliphatic heterocycles. The van der Waals surface area contributed by atoms with Crippen LogP contribution in [0.2, 0.25) is 0 Å². The topological polar surface area (TPSA) is 93.8 Å². The van der Waals surface area contributed by atoms with E-state index in [1.165, 1.54) is 18.0 Å². The number of carbonyl (C=O) groups is 1. The lowest BCUT2D eigenvalue weighted by atomic mass is 10.1. The fourth-order valence-corrected chi connectivity index (χ4v) is 3.11. The van der Waals surface area contributed by atoms with E-state index >= 15 is 0 Å². The molecule has 1 aliphatic carbocycles. The van der Waals surface area contributed by atoms with Crippen molar-refractivity contribution in [3.63, 3.8) is 0 Å². The van der Waals surface area contributed by atoms with E-state index in [-0.39, 0.29) is 30.4 Å². The maximum atomic E-state index is 12.5. The Morgan fingerprint density at radius 1 is 1.08 bits per heavy atom. The van der Waals surface area contributed by atoms with Gasteiger partial charge in [-0.15, -0.1) is 12.4 Å². The summed E-state index contributed by atoms with van der Waals surface area (Å²) in [5.74, 6) is 0.346. The zero-order chi connectivity index (χ0) is 17.2. The van der Waals surface area contributed by atoms with Gasteiger partial charge in [0.15, 0.2) is 5.82 Å². The van der Waals surface area contributed by atoms with Gasteiger partial charge in [-0.1, -0.05) is 24.3 Å². The van der Waals surface area contributed by atoms with Crippen LogP contribution in [0.5, 0.6) is 0 Å². The molecule has 0 fully saturated rings. The highest BCUT2D eigenvalue weighted by molar-refractivity contribution is 5.94. The van der Waals surface area contributed by atoms with Crippen LogP contribution in [0.25, 0.3) is 11.4 Å². The third kappa shape index (κ3) is 3.42. The number of amides is 1. The third-order valence-electron chi connectivity index (χ3n) is 4.46. The number of fused-ring (bicyclic) bond motifs is 1. The minimum absolute atomic E-state index is 0. The van der Waals surface area contributed by atoms with Crippen molar-refractivity contribution in [1.29, 1.82) is 0 Å². The molecule has 0 saturated carbocycles. The van der Waals surface area contributed by atoms with Gasteiger partial charge in [0.25, 0.3) is 5.91 Å². The molecule has 2 heterocycles. The Labute approximate surface area is 157 Å². The van der Waals surface area contributed by atoms with Crippen molar-refractivity contribution in [1.82, 2.24) is 20.3 Å². The Balaban J connectivity index is 0.00000196. The molecule has 1 amide bonds. The maximum absolute atomic E-state index is 12.5. The molecule has 7 heteroatoms. The Morgan fingerprint density at radius 2 is 1.77 bits per heavy atom. The second kappa shape index (κ2) is 7.59. The molecule has 0 saturated heterocycles. The Kier molecular flexibility index (Phi) is 5.25. The summed E-state index contributed by atoms with van der Waals surface area (Å²) < 4.78 is 0. The molecule has 3 N–H and O–H groups in total. The highest BCUT2D eigenvalue weighted by Crippen LogP contribution is 2.29. The predicted molar refractivity (Wildman–Crippen MR) is 101 cm³/mol. The van der Waals surface area contributed by atoms with Crippen LogP contribution in [-0.2, 0) is 6.42 Å². The molecule has 1 aromatic carbocycles. The van der Waals surface area contributed by atoms with E-state index in [1.54, 1.807) is 12.4 Å². The molecule has 0 bridgehead atoms. The monoisotopic (exact) mass is 367 g/mol. The number of rotatable bonds is 3. The van der Waals surface area contributed by atoms with Gasteiger partial charge in [-0.3, -0.25) is 9.78 Å². The van der Waals surface area contributed by atoms with E-state index in [2.05, 4.69) is 20.3 Å². The van der Waals surface area contributed by atoms with E-state index < -0.39 is 0 Å². The molecule has 6 nitrogen and oxygen atoms in total. The fraction of sp³-hybridized carbons (Fsp3) is 0.158. The number of carbonyl (C=O) groups excluding carboxylic acids is 1. The number of hydrogen-bond donors (Lipinski definition) is 2. The first-order chi connectivity index (χ1) is 12.2. The Morgan fingerprint density at radius 3 is 2.46 bits per heavy atom. The quantitative estimate of drug-likeness (QED) is 0.740. The number of aromatic nitrogens is 3. The van der Waals surface area contributed by atoms with Crippen molar-refractivity contribution in [3.8, 4) is 11.4 Å². The summed E-state index contributed by atoms with van der Waals surface area (Å²) in [5.41, 5.74) is 9.82. The summed E-state index contributed by atoms with van der Waals surface area (Å²) in [6.07, 6.45) is 7.16. The van der Waals surface area contributed by atoms with Crippen molar-refractivity contribution in [2.24, 2.45) is 5.73 Å². The Hall–Kier alpha value is -2.83. The number of pyridine rings is 1. The van der Waals surface area contributed by atoms with Gasteiger partial charge in [0.2, 0.25) is 0 Å². The molecule has 0 spiro atoms. The van der Waals surface area contributed by atoms with Gasteiger partial charge in [-0.05, 0) is 29.7 Å². The Bertz CT molecular complexity index is 901. The lowest BCUT2D eigenvalue weighted by Crippen LogP contribution is -2.40. The highest BCUT2D eigenvalue weighted by atomic mass is 35.5. The van der Waals surface area contributed by atoms with Crippen LogP contribution in [0.15, 0.2) is 61.2 Å². The summed E-state index contributed by atoms with van der Waals surface area (Å²) in [5, 5.41) is 3.00. The van der Waals surface area contributed by atoms with Crippen molar-refractivity contribution in [3.05, 3.63) is 77.9 Å². The summed E-state index contributed by atoms with van der Waals surface area (Å²) in [6, 6.07) is 11.3. The molecule has 1 aliphatic rings. The molecule has 2 aromatic heterocycles. The van der Waals surface area contributed by atoms with Crippen molar-refractivity contribution in [2.75, 3.05) is 0 Å². The van der Waals surface area contributed by atoms with Gasteiger partial charge < -0.3 is 11.1 Å². The molecule has 2 atom stereocenters. The number of hydrogen-bond acceptors (Lipinski definition) is 5. The van der Waals surface area contributed by atoms with E-state index in [4.69, 9.17) is 5.73 Å². The van der Waals surface area contributed by atoms with Crippen LogP contribution in [0.3, 0.4) is 0 Å². The zero-order valence-corrected chi connectivity index (χ0v) is 14.7. The molecular weight excluding hydrogens is 350 g/mol. The average Bonchev–Trinajstić information content (AvgIpc) is 2.98. The first kappa shape index (κ1) is 18.0. The SMILES string of the molecule is Cl.N[C@H]1c2ccccc2C[C@@H]1NC(=O)c1cnc(-c2ccncc2)nc1. The predicted octanol–water partition coefficient (Wildman–Crippen LogP) is 2.31. The summed E-state index contributed by atoms with van der Waals surface area (Å²) in [7, 11) is 0. The maximum Gasteiger partial charge on any atom is 0.254 e. The normalized spacial score (nSPS) is 17.9. The second-order valence-electron chi connectivity index (χ2n) is 6.04. The number of benzene rings is 1. The van der Waals surface area contributed by atoms with Crippen LogP contribution in [0.1, 0.15) is 27.5 Å². The lowest BCUT2D eigenvalue weighted by molar-refractivity contribution is 0.0932. The molecule has 4 rings (SSSR count). The summed E-state index contributed by atoms with van der Waals surface area (Å²) >= 11 is 0. The van der Waals surface area contributed by atoms with Gasteiger partial charge in [0, 0.05) is 30.4 Å². The van der Waals surface area contributed by atoms with Gasteiger partial charge in [-0.25, -0.2) is 9.97 Å². The van der Waals surface area contributed by atoms with E-state index in [0.29, 0.717) is 11.4 Å².